The Morgan fingerprint density at radius 2 is 1.60 bits per heavy atom. The second-order valence-corrected chi connectivity index (χ2v) is 6.23. The zero-order valence-corrected chi connectivity index (χ0v) is 14.5. The van der Waals surface area contributed by atoms with E-state index in [1.165, 1.54) is 5.56 Å². The Hall–Kier alpha value is -3.14. The lowest BCUT2D eigenvalue weighted by molar-refractivity contribution is 0.0952. The third-order valence-electron chi connectivity index (χ3n) is 4.21. The van der Waals surface area contributed by atoms with Crippen LogP contribution in [0.15, 0.2) is 53.6 Å². The van der Waals surface area contributed by atoms with Crippen molar-refractivity contribution in [2.45, 2.75) is 20.8 Å². The monoisotopic (exact) mass is 332 g/mol. The number of aryl methyl sites for hydroxylation is 3. The molecule has 0 aliphatic carbocycles. The van der Waals surface area contributed by atoms with E-state index in [9.17, 15) is 9.90 Å². The van der Waals surface area contributed by atoms with Crippen LogP contribution in [-0.2, 0) is 0 Å². The van der Waals surface area contributed by atoms with E-state index in [-0.39, 0.29) is 11.3 Å². The fourth-order valence-corrected chi connectivity index (χ4v) is 3.02. The van der Waals surface area contributed by atoms with Gasteiger partial charge in [-0.3, -0.25) is 4.79 Å². The van der Waals surface area contributed by atoms with Crippen molar-refractivity contribution in [2.24, 2.45) is 5.10 Å². The second-order valence-electron chi connectivity index (χ2n) is 6.23. The molecule has 126 valence electrons. The molecular weight excluding hydrogens is 312 g/mol. The molecule has 0 unspecified atom stereocenters. The van der Waals surface area contributed by atoms with E-state index in [2.05, 4.69) is 22.7 Å². The first-order chi connectivity index (χ1) is 12.0. The maximum Gasteiger partial charge on any atom is 0.275 e. The highest BCUT2D eigenvalue weighted by molar-refractivity contribution is 6.01. The SMILES string of the molecule is Cc1cc(C)c(C=NNC(=O)c2cc3ccccc3cc2O)c(C)c1. The molecule has 1 amide bonds. The summed E-state index contributed by atoms with van der Waals surface area (Å²) in [6.07, 6.45) is 1.64. The topological polar surface area (TPSA) is 61.7 Å². The Balaban J connectivity index is 1.82. The quantitative estimate of drug-likeness (QED) is 0.557. The van der Waals surface area contributed by atoms with Crippen LogP contribution in [0.2, 0.25) is 0 Å². The Labute approximate surface area is 146 Å². The lowest BCUT2D eigenvalue weighted by atomic mass is 10.0. The van der Waals surface area contributed by atoms with Crippen LogP contribution in [0.4, 0.5) is 0 Å². The van der Waals surface area contributed by atoms with Crippen LogP contribution in [0.5, 0.6) is 5.75 Å². The number of rotatable bonds is 3. The lowest BCUT2D eigenvalue weighted by Gasteiger charge is -2.07. The predicted octanol–water partition coefficient (Wildman–Crippen LogP) is 4.23. The van der Waals surface area contributed by atoms with Gasteiger partial charge in [0.1, 0.15) is 5.75 Å². The lowest BCUT2D eigenvalue weighted by Crippen LogP contribution is -2.18. The van der Waals surface area contributed by atoms with E-state index >= 15 is 0 Å². The van der Waals surface area contributed by atoms with Gasteiger partial charge in [0.05, 0.1) is 11.8 Å². The summed E-state index contributed by atoms with van der Waals surface area (Å²) in [4.78, 5) is 12.3. The maximum absolute atomic E-state index is 12.3. The van der Waals surface area contributed by atoms with Gasteiger partial charge < -0.3 is 5.11 Å². The van der Waals surface area contributed by atoms with Gasteiger partial charge in [-0.2, -0.15) is 5.10 Å². The summed E-state index contributed by atoms with van der Waals surface area (Å²) in [7, 11) is 0. The molecule has 3 aromatic carbocycles. The summed E-state index contributed by atoms with van der Waals surface area (Å²) in [6.45, 7) is 6.07. The van der Waals surface area contributed by atoms with E-state index in [0.717, 1.165) is 27.5 Å². The van der Waals surface area contributed by atoms with Crippen LogP contribution in [0.3, 0.4) is 0 Å². The smallest absolute Gasteiger partial charge is 0.275 e. The number of nitrogens with zero attached hydrogens (tertiary/aromatic N) is 1. The molecule has 0 aromatic heterocycles. The van der Waals surface area contributed by atoms with E-state index in [1.807, 2.05) is 45.0 Å². The number of benzene rings is 3. The van der Waals surface area contributed by atoms with Crippen molar-refractivity contribution in [3.05, 3.63) is 76.3 Å². The van der Waals surface area contributed by atoms with Crippen molar-refractivity contribution in [2.75, 3.05) is 0 Å². The molecule has 0 saturated heterocycles. The van der Waals surface area contributed by atoms with Gasteiger partial charge >= 0.3 is 0 Å². The fourth-order valence-electron chi connectivity index (χ4n) is 3.02. The van der Waals surface area contributed by atoms with Crippen molar-refractivity contribution in [3.63, 3.8) is 0 Å². The average Bonchev–Trinajstić information content (AvgIpc) is 2.56. The number of hydrogen-bond acceptors (Lipinski definition) is 3. The normalized spacial score (nSPS) is 11.2. The number of carbonyl (C=O) groups excluding carboxylic acids is 1. The number of nitrogens with one attached hydrogen (secondary N) is 1. The number of carbonyl (C=O) groups is 1. The largest absolute Gasteiger partial charge is 0.507 e. The molecule has 0 aliphatic rings. The van der Waals surface area contributed by atoms with E-state index in [4.69, 9.17) is 0 Å². The molecule has 0 bridgehead atoms. The van der Waals surface area contributed by atoms with Crippen molar-refractivity contribution in [1.82, 2.24) is 5.43 Å². The summed E-state index contributed by atoms with van der Waals surface area (Å²) in [5, 5.41) is 15.9. The summed E-state index contributed by atoms with van der Waals surface area (Å²) in [5.41, 5.74) is 7.07. The van der Waals surface area contributed by atoms with Gasteiger partial charge in [-0.25, -0.2) is 5.43 Å². The first kappa shape index (κ1) is 16.7. The molecule has 3 aromatic rings. The van der Waals surface area contributed by atoms with Crippen LogP contribution in [-0.4, -0.2) is 17.2 Å². The standard InChI is InChI=1S/C21H20N2O2/c1-13-8-14(2)19(15(3)9-13)12-22-23-21(25)18-10-16-6-4-5-7-17(16)11-20(18)24/h4-12,24H,1-3H3,(H,23,25). The molecule has 0 aliphatic heterocycles. The van der Waals surface area contributed by atoms with Crippen LogP contribution < -0.4 is 5.43 Å². The highest BCUT2D eigenvalue weighted by atomic mass is 16.3. The molecule has 4 heteroatoms. The maximum atomic E-state index is 12.3. The number of hydrogen-bond donors (Lipinski definition) is 2. The van der Waals surface area contributed by atoms with Crippen LogP contribution in [0.1, 0.15) is 32.6 Å². The second kappa shape index (κ2) is 6.77. The van der Waals surface area contributed by atoms with Gasteiger partial charge in [-0.15, -0.1) is 0 Å². The minimum atomic E-state index is -0.443. The summed E-state index contributed by atoms with van der Waals surface area (Å²) in [6, 6.07) is 15.0. The summed E-state index contributed by atoms with van der Waals surface area (Å²) >= 11 is 0. The highest BCUT2D eigenvalue weighted by Crippen LogP contribution is 2.24. The molecule has 4 nitrogen and oxygen atoms in total. The van der Waals surface area contributed by atoms with Gasteiger partial charge in [-0.1, -0.05) is 42.0 Å². The number of fused-ring (bicyclic) bond motifs is 1. The Bertz CT molecular complexity index is 967. The van der Waals surface area contributed by atoms with Crippen LogP contribution >= 0.6 is 0 Å². The number of phenolic OH excluding ortho intramolecular Hbond substituents is 1. The Morgan fingerprint density at radius 3 is 2.24 bits per heavy atom. The third kappa shape index (κ3) is 3.53. The van der Waals surface area contributed by atoms with Crippen molar-refractivity contribution in [1.29, 1.82) is 0 Å². The van der Waals surface area contributed by atoms with Gasteiger partial charge in [-0.05, 0) is 54.8 Å². The van der Waals surface area contributed by atoms with Crippen molar-refractivity contribution in [3.8, 4) is 5.75 Å². The number of amides is 1. The van der Waals surface area contributed by atoms with Crippen molar-refractivity contribution >= 4 is 22.9 Å². The Kier molecular flexibility index (Phi) is 4.52. The molecule has 3 rings (SSSR count). The number of phenols is 1. The van der Waals surface area contributed by atoms with Gasteiger partial charge in [0.15, 0.2) is 0 Å². The van der Waals surface area contributed by atoms with E-state index < -0.39 is 5.91 Å². The average molecular weight is 332 g/mol. The first-order valence-electron chi connectivity index (χ1n) is 8.08. The molecule has 2 N–H and O–H groups in total. The zero-order valence-electron chi connectivity index (χ0n) is 14.5. The minimum absolute atomic E-state index is 0.0610. The van der Waals surface area contributed by atoms with E-state index in [1.54, 1.807) is 18.3 Å². The summed E-state index contributed by atoms with van der Waals surface area (Å²) < 4.78 is 0. The predicted molar refractivity (Wildman–Crippen MR) is 101 cm³/mol. The first-order valence-corrected chi connectivity index (χ1v) is 8.08. The molecule has 0 spiro atoms. The zero-order chi connectivity index (χ0) is 18.0. The highest BCUT2D eigenvalue weighted by Gasteiger charge is 2.11. The van der Waals surface area contributed by atoms with Gasteiger partial charge in [0.2, 0.25) is 0 Å². The van der Waals surface area contributed by atoms with E-state index in [0.29, 0.717) is 0 Å². The Morgan fingerprint density at radius 1 is 1.00 bits per heavy atom. The van der Waals surface area contributed by atoms with Gasteiger partial charge in [0.25, 0.3) is 5.91 Å². The molecule has 0 atom stereocenters. The van der Waals surface area contributed by atoms with Crippen molar-refractivity contribution < 1.29 is 9.90 Å². The molecule has 0 fully saturated rings. The molecule has 0 saturated carbocycles. The number of hydrazone groups is 1. The molecule has 0 radical (unpaired) electrons. The molecule has 0 heterocycles. The van der Waals surface area contributed by atoms with Gasteiger partial charge in [0, 0.05) is 5.56 Å². The van der Waals surface area contributed by atoms with Crippen LogP contribution in [0.25, 0.3) is 10.8 Å². The molecular formula is C21H20N2O2. The fraction of sp³-hybridized carbons (Fsp3) is 0.143. The minimum Gasteiger partial charge on any atom is -0.507 e. The van der Waals surface area contributed by atoms with Crippen LogP contribution in [0, 0.1) is 20.8 Å². The molecule has 25 heavy (non-hydrogen) atoms. The number of aromatic hydroxyl groups is 1. The third-order valence-corrected chi connectivity index (χ3v) is 4.21. The summed E-state index contributed by atoms with van der Waals surface area (Å²) in [5.74, 6) is -0.504.